The van der Waals surface area contributed by atoms with Crippen LogP contribution in [0.3, 0.4) is 0 Å². The fraction of sp³-hybridized carbons (Fsp3) is 1.00. The average molecular weight is 182 g/mol. The largest absolute Gasteiger partial charge is 0.393 e. The highest BCUT2D eigenvalue weighted by Gasteiger charge is 2.53. The number of hydrogen-bond acceptors (Lipinski definition) is 1. The molecule has 4 atom stereocenters. The van der Waals surface area contributed by atoms with E-state index in [1.54, 1.807) is 0 Å². The van der Waals surface area contributed by atoms with E-state index < -0.39 is 0 Å². The third-order valence-electron chi connectivity index (χ3n) is 4.65. The van der Waals surface area contributed by atoms with Crippen molar-refractivity contribution in [3.63, 3.8) is 0 Å². The molecular formula is C12H22O. The Morgan fingerprint density at radius 3 is 2.54 bits per heavy atom. The van der Waals surface area contributed by atoms with E-state index in [9.17, 15) is 5.11 Å². The van der Waals surface area contributed by atoms with Crippen molar-refractivity contribution in [2.45, 2.75) is 52.6 Å². The summed E-state index contributed by atoms with van der Waals surface area (Å²) in [4.78, 5) is 0. The highest BCUT2D eigenvalue weighted by Crippen LogP contribution is 2.62. The first-order valence-electron chi connectivity index (χ1n) is 5.70. The van der Waals surface area contributed by atoms with Gasteiger partial charge in [0.1, 0.15) is 0 Å². The van der Waals surface area contributed by atoms with E-state index in [2.05, 4.69) is 13.8 Å². The van der Waals surface area contributed by atoms with Gasteiger partial charge in [-0.2, -0.15) is 0 Å². The summed E-state index contributed by atoms with van der Waals surface area (Å²) in [7, 11) is 0. The van der Waals surface area contributed by atoms with Crippen LogP contribution in [-0.4, -0.2) is 11.2 Å². The topological polar surface area (TPSA) is 20.2 Å². The molecule has 2 bridgehead atoms. The maximum Gasteiger partial charge on any atom is 0.0514 e. The van der Waals surface area contributed by atoms with Gasteiger partial charge < -0.3 is 5.11 Å². The van der Waals surface area contributed by atoms with Gasteiger partial charge in [0.25, 0.3) is 0 Å². The summed E-state index contributed by atoms with van der Waals surface area (Å²) in [6, 6.07) is 0. The Morgan fingerprint density at radius 1 is 1.38 bits per heavy atom. The molecule has 1 heteroatoms. The molecule has 0 saturated heterocycles. The lowest BCUT2D eigenvalue weighted by atomic mass is 9.45. The number of fused-ring (bicyclic) bond motifs is 2. The maximum atomic E-state index is 9.41. The van der Waals surface area contributed by atoms with Crippen molar-refractivity contribution >= 4 is 0 Å². The number of aliphatic hydroxyl groups excluding tert-OH is 1. The van der Waals surface area contributed by atoms with Crippen LogP contribution in [-0.2, 0) is 0 Å². The first-order chi connectivity index (χ1) is 6.01. The molecule has 13 heavy (non-hydrogen) atoms. The van der Waals surface area contributed by atoms with Crippen molar-refractivity contribution in [3.05, 3.63) is 0 Å². The minimum atomic E-state index is -0.0991. The molecular weight excluding hydrogens is 160 g/mol. The Kier molecular flexibility index (Phi) is 2.18. The fourth-order valence-corrected chi connectivity index (χ4v) is 3.68. The molecule has 3 rings (SSSR count). The second-order valence-corrected chi connectivity index (χ2v) is 5.78. The first kappa shape index (κ1) is 9.51. The minimum Gasteiger partial charge on any atom is -0.393 e. The highest BCUT2D eigenvalue weighted by atomic mass is 16.3. The second kappa shape index (κ2) is 2.98. The van der Waals surface area contributed by atoms with Crippen molar-refractivity contribution in [2.75, 3.05) is 0 Å². The Hall–Kier alpha value is -0.0400. The van der Waals surface area contributed by atoms with Gasteiger partial charge >= 0.3 is 0 Å². The van der Waals surface area contributed by atoms with Crippen molar-refractivity contribution in [1.29, 1.82) is 0 Å². The minimum absolute atomic E-state index is 0.0991. The van der Waals surface area contributed by atoms with E-state index >= 15 is 0 Å². The average Bonchev–Trinajstić information content (AvgIpc) is 2.03. The fourth-order valence-electron chi connectivity index (χ4n) is 3.68. The van der Waals surface area contributed by atoms with Crippen LogP contribution in [0.2, 0.25) is 0 Å². The van der Waals surface area contributed by atoms with Gasteiger partial charge in [0.15, 0.2) is 0 Å². The molecule has 0 spiro atoms. The number of hydrogen-bond donors (Lipinski definition) is 1. The van der Waals surface area contributed by atoms with Crippen LogP contribution in [0.5, 0.6) is 0 Å². The van der Waals surface area contributed by atoms with Gasteiger partial charge in [-0.15, -0.1) is 0 Å². The molecule has 3 fully saturated rings. The molecule has 1 nitrogen and oxygen atoms in total. The number of aliphatic hydroxyl groups is 1. The summed E-state index contributed by atoms with van der Waals surface area (Å²) in [6.45, 7) is 6.76. The lowest BCUT2D eigenvalue weighted by Crippen LogP contribution is -2.52. The summed E-state index contributed by atoms with van der Waals surface area (Å²) in [6.07, 6.45) is 5.13. The molecule has 0 aromatic rings. The molecule has 0 aromatic carbocycles. The lowest BCUT2D eigenvalue weighted by molar-refractivity contribution is -0.113. The maximum absolute atomic E-state index is 9.41. The van der Waals surface area contributed by atoms with Gasteiger partial charge in [-0.3, -0.25) is 0 Å². The zero-order valence-corrected chi connectivity index (χ0v) is 9.09. The quantitative estimate of drug-likeness (QED) is 0.696. The zero-order valence-electron chi connectivity index (χ0n) is 9.09. The molecule has 0 aliphatic heterocycles. The molecule has 3 saturated carbocycles. The first-order valence-corrected chi connectivity index (χ1v) is 5.70. The summed E-state index contributed by atoms with van der Waals surface area (Å²) in [5, 5.41) is 9.41. The predicted octanol–water partition coefficient (Wildman–Crippen LogP) is 2.83. The van der Waals surface area contributed by atoms with Crippen LogP contribution >= 0.6 is 0 Å². The van der Waals surface area contributed by atoms with Crippen LogP contribution < -0.4 is 0 Å². The molecule has 0 radical (unpaired) electrons. The molecule has 1 N–H and O–H groups in total. The monoisotopic (exact) mass is 182 g/mol. The second-order valence-electron chi connectivity index (χ2n) is 5.78. The van der Waals surface area contributed by atoms with Gasteiger partial charge in [-0.1, -0.05) is 13.8 Å². The van der Waals surface area contributed by atoms with E-state index in [0.29, 0.717) is 5.41 Å². The van der Waals surface area contributed by atoms with Crippen LogP contribution in [0, 0.1) is 23.2 Å². The summed E-state index contributed by atoms with van der Waals surface area (Å²) in [5.74, 6) is 2.70. The molecule has 3 aliphatic rings. The summed E-state index contributed by atoms with van der Waals surface area (Å²) < 4.78 is 0. The Balaban J connectivity index is 1.99. The van der Waals surface area contributed by atoms with E-state index in [1.165, 1.54) is 19.3 Å². The van der Waals surface area contributed by atoms with E-state index in [-0.39, 0.29) is 6.10 Å². The van der Waals surface area contributed by atoms with E-state index in [0.717, 1.165) is 24.2 Å². The normalized spacial score (nSPS) is 43.8. The van der Waals surface area contributed by atoms with Crippen LogP contribution in [0.25, 0.3) is 0 Å². The van der Waals surface area contributed by atoms with Gasteiger partial charge in [0, 0.05) is 0 Å². The highest BCUT2D eigenvalue weighted by molar-refractivity contribution is 5.03. The molecule has 3 aliphatic carbocycles. The SMILES string of the molecule is CC(O)CC1CCC2CC1C2(C)C. The zero-order chi connectivity index (χ0) is 9.64. The van der Waals surface area contributed by atoms with Crippen LogP contribution in [0.15, 0.2) is 0 Å². The van der Waals surface area contributed by atoms with Crippen LogP contribution in [0.1, 0.15) is 46.5 Å². The van der Waals surface area contributed by atoms with Crippen molar-refractivity contribution in [3.8, 4) is 0 Å². The number of rotatable bonds is 2. The summed E-state index contributed by atoms with van der Waals surface area (Å²) >= 11 is 0. The molecule has 0 amide bonds. The Labute approximate surface area is 81.5 Å². The standard InChI is InChI=1S/C12H22O/c1-8(13)6-9-4-5-10-7-11(9)12(10,2)3/h8-11,13H,4-7H2,1-3H3. The molecule has 0 aromatic heterocycles. The van der Waals surface area contributed by atoms with E-state index in [1.807, 2.05) is 6.92 Å². The molecule has 76 valence electrons. The van der Waals surface area contributed by atoms with Gasteiger partial charge in [-0.05, 0) is 55.8 Å². The summed E-state index contributed by atoms with van der Waals surface area (Å²) in [5.41, 5.74) is 0.581. The third kappa shape index (κ3) is 1.41. The van der Waals surface area contributed by atoms with Crippen molar-refractivity contribution in [1.82, 2.24) is 0 Å². The Morgan fingerprint density at radius 2 is 2.08 bits per heavy atom. The Bertz CT molecular complexity index is 193. The van der Waals surface area contributed by atoms with Gasteiger partial charge in [-0.25, -0.2) is 0 Å². The van der Waals surface area contributed by atoms with Gasteiger partial charge in [0.05, 0.1) is 6.10 Å². The third-order valence-corrected chi connectivity index (χ3v) is 4.65. The van der Waals surface area contributed by atoms with Crippen molar-refractivity contribution in [2.24, 2.45) is 23.2 Å². The van der Waals surface area contributed by atoms with Crippen LogP contribution in [0.4, 0.5) is 0 Å². The molecule has 4 unspecified atom stereocenters. The van der Waals surface area contributed by atoms with Crippen molar-refractivity contribution < 1.29 is 5.11 Å². The smallest absolute Gasteiger partial charge is 0.0514 e. The predicted molar refractivity (Wildman–Crippen MR) is 54.4 cm³/mol. The lowest BCUT2D eigenvalue weighted by Gasteiger charge is -2.60. The molecule has 0 heterocycles. The van der Waals surface area contributed by atoms with Gasteiger partial charge in [0.2, 0.25) is 0 Å². The van der Waals surface area contributed by atoms with E-state index in [4.69, 9.17) is 0 Å².